The largest absolute Gasteiger partial charge is 0.293 e. The minimum absolute atomic E-state index is 0.0207. The van der Waals surface area contributed by atoms with Gasteiger partial charge in [-0.1, -0.05) is 16.8 Å². The maximum Gasteiger partial charge on any atom is 0.178 e. The van der Waals surface area contributed by atoms with Crippen molar-refractivity contribution in [3.63, 3.8) is 0 Å². The van der Waals surface area contributed by atoms with Crippen LogP contribution in [0.5, 0.6) is 0 Å². The summed E-state index contributed by atoms with van der Waals surface area (Å²) in [6.07, 6.45) is 2.00. The molecule has 2 heterocycles. The van der Waals surface area contributed by atoms with E-state index in [2.05, 4.69) is 10.3 Å². The molecule has 4 nitrogen and oxygen atoms in total. The number of nitrogens with zero attached hydrogens (tertiary/aromatic N) is 3. The first-order valence-corrected chi connectivity index (χ1v) is 5.48. The lowest BCUT2D eigenvalue weighted by Gasteiger charge is -1.92. The molecule has 0 aliphatic rings. The van der Waals surface area contributed by atoms with E-state index in [1.807, 2.05) is 0 Å². The monoisotopic (exact) mass is 241 g/mol. The van der Waals surface area contributed by atoms with Crippen molar-refractivity contribution in [3.8, 4) is 0 Å². The second-order valence-electron chi connectivity index (χ2n) is 3.09. The van der Waals surface area contributed by atoms with E-state index in [0.717, 1.165) is 0 Å². The molecular weight excluding hydrogens is 234 g/mol. The minimum atomic E-state index is 0.0207. The topological polar surface area (TPSA) is 47.8 Å². The van der Waals surface area contributed by atoms with Crippen LogP contribution in [0.1, 0.15) is 15.4 Å². The summed E-state index contributed by atoms with van der Waals surface area (Å²) in [6, 6.07) is 3.45. The molecule has 0 aromatic carbocycles. The van der Waals surface area contributed by atoms with E-state index in [9.17, 15) is 4.79 Å². The molecule has 0 saturated heterocycles. The van der Waals surface area contributed by atoms with Crippen LogP contribution in [0.25, 0.3) is 0 Å². The van der Waals surface area contributed by atoms with Crippen molar-refractivity contribution in [2.45, 2.75) is 6.42 Å². The number of hydrogen-bond donors (Lipinski definition) is 0. The molecule has 2 aromatic rings. The summed E-state index contributed by atoms with van der Waals surface area (Å²) < 4.78 is 2.20. The van der Waals surface area contributed by atoms with E-state index in [1.165, 1.54) is 11.3 Å². The fourth-order valence-electron chi connectivity index (χ4n) is 1.19. The summed E-state index contributed by atoms with van der Waals surface area (Å²) in [6.45, 7) is 0. The maximum absolute atomic E-state index is 11.7. The fourth-order valence-corrected chi connectivity index (χ4v) is 2.17. The number of hydrogen-bond acceptors (Lipinski definition) is 4. The number of aromatic nitrogens is 3. The Hall–Kier alpha value is -1.20. The normalized spacial score (nSPS) is 10.5. The molecule has 0 spiro atoms. The molecule has 0 saturated carbocycles. The van der Waals surface area contributed by atoms with Gasteiger partial charge in [0.15, 0.2) is 5.78 Å². The van der Waals surface area contributed by atoms with Gasteiger partial charge in [-0.15, -0.1) is 16.4 Å². The van der Waals surface area contributed by atoms with Gasteiger partial charge in [-0.25, -0.2) is 0 Å². The van der Waals surface area contributed by atoms with Crippen molar-refractivity contribution in [2.75, 3.05) is 0 Å². The number of rotatable bonds is 3. The van der Waals surface area contributed by atoms with Gasteiger partial charge in [0.2, 0.25) is 0 Å². The second kappa shape index (κ2) is 4.12. The molecule has 15 heavy (non-hydrogen) atoms. The van der Waals surface area contributed by atoms with Crippen LogP contribution in [0.15, 0.2) is 18.3 Å². The quantitative estimate of drug-likeness (QED) is 0.772. The Bertz CT molecular complexity index is 491. The Labute approximate surface area is 95.5 Å². The fraction of sp³-hybridized carbons (Fsp3) is 0.222. The molecular formula is C9H8ClN3OS. The Balaban J connectivity index is 2.10. The summed E-state index contributed by atoms with van der Waals surface area (Å²) in [5, 5.41) is 7.61. The van der Waals surface area contributed by atoms with Gasteiger partial charge < -0.3 is 0 Å². The highest BCUT2D eigenvalue weighted by molar-refractivity contribution is 7.18. The average Bonchev–Trinajstić information content (AvgIpc) is 2.75. The zero-order chi connectivity index (χ0) is 10.8. The smallest absolute Gasteiger partial charge is 0.178 e. The van der Waals surface area contributed by atoms with Crippen LogP contribution in [0.3, 0.4) is 0 Å². The lowest BCUT2D eigenvalue weighted by molar-refractivity contribution is 0.0996. The van der Waals surface area contributed by atoms with Crippen LogP contribution in [-0.4, -0.2) is 20.8 Å². The first-order chi connectivity index (χ1) is 7.15. The summed E-state index contributed by atoms with van der Waals surface area (Å²) >= 11 is 7.03. The van der Waals surface area contributed by atoms with Crippen molar-refractivity contribution < 1.29 is 4.79 Å². The molecule has 0 aliphatic heterocycles. The van der Waals surface area contributed by atoms with Crippen molar-refractivity contribution in [1.29, 1.82) is 0 Å². The van der Waals surface area contributed by atoms with Gasteiger partial charge in [-0.3, -0.25) is 9.48 Å². The number of aryl methyl sites for hydroxylation is 1. The number of carbonyl (C=O) groups excluding carboxylic acids is 1. The van der Waals surface area contributed by atoms with E-state index in [1.54, 1.807) is 30.1 Å². The van der Waals surface area contributed by atoms with E-state index in [4.69, 9.17) is 11.6 Å². The number of halogens is 1. The van der Waals surface area contributed by atoms with Gasteiger partial charge in [0, 0.05) is 13.2 Å². The minimum Gasteiger partial charge on any atom is -0.293 e. The first-order valence-electron chi connectivity index (χ1n) is 4.29. The molecule has 2 aromatic heterocycles. The molecule has 0 N–H and O–H groups in total. The number of carbonyl (C=O) groups is 1. The third-order valence-electron chi connectivity index (χ3n) is 1.84. The van der Waals surface area contributed by atoms with E-state index >= 15 is 0 Å². The molecule has 0 unspecified atom stereocenters. The van der Waals surface area contributed by atoms with Crippen LogP contribution in [0, 0.1) is 0 Å². The molecule has 0 atom stereocenters. The van der Waals surface area contributed by atoms with Gasteiger partial charge in [0.25, 0.3) is 0 Å². The Morgan fingerprint density at radius 3 is 2.93 bits per heavy atom. The molecule has 0 radical (unpaired) electrons. The van der Waals surface area contributed by atoms with Crippen LogP contribution in [-0.2, 0) is 13.5 Å². The van der Waals surface area contributed by atoms with E-state index < -0.39 is 0 Å². The summed E-state index contributed by atoms with van der Waals surface area (Å²) in [4.78, 5) is 12.4. The Morgan fingerprint density at radius 1 is 1.60 bits per heavy atom. The highest BCUT2D eigenvalue weighted by atomic mass is 35.5. The third-order valence-corrected chi connectivity index (χ3v) is 3.11. The van der Waals surface area contributed by atoms with Crippen molar-refractivity contribution in [1.82, 2.24) is 15.0 Å². The van der Waals surface area contributed by atoms with Crippen LogP contribution >= 0.6 is 22.9 Å². The highest BCUT2D eigenvalue weighted by Crippen LogP contribution is 2.22. The predicted molar refractivity (Wildman–Crippen MR) is 58.4 cm³/mol. The van der Waals surface area contributed by atoms with Gasteiger partial charge in [0.05, 0.1) is 21.3 Å². The Kier molecular flexibility index (Phi) is 2.83. The maximum atomic E-state index is 11.7. The van der Waals surface area contributed by atoms with Crippen molar-refractivity contribution in [2.24, 2.45) is 7.05 Å². The van der Waals surface area contributed by atoms with E-state index in [-0.39, 0.29) is 12.2 Å². The summed E-state index contributed by atoms with van der Waals surface area (Å²) in [5.41, 5.74) is 0.673. The van der Waals surface area contributed by atoms with Gasteiger partial charge >= 0.3 is 0 Å². The molecule has 0 amide bonds. The standard InChI is InChI=1S/C9H8ClN3OS/c1-13-5-6(11-12-13)4-7(14)8-2-3-9(10)15-8/h2-3,5H,4H2,1H3. The summed E-state index contributed by atoms with van der Waals surface area (Å²) in [7, 11) is 1.77. The molecule has 0 aliphatic carbocycles. The molecule has 0 bridgehead atoms. The zero-order valence-corrected chi connectivity index (χ0v) is 9.55. The van der Waals surface area contributed by atoms with Crippen LogP contribution in [0.2, 0.25) is 4.34 Å². The molecule has 2 rings (SSSR count). The summed E-state index contributed by atoms with van der Waals surface area (Å²) in [5.74, 6) is 0.0207. The van der Waals surface area contributed by atoms with Crippen LogP contribution in [0.4, 0.5) is 0 Å². The van der Waals surface area contributed by atoms with Gasteiger partial charge in [-0.05, 0) is 12.1 Å². The zero-order valence-electron chi connectivity index (χ0n) is 7.98. The van der Waals surface area contributed by atoms with Crippen LogP contribution < -0.4 is 0 Å². The lowest BCUT2D eigenvalue weighted by atomic mass is 10.2. The van der Waals surface area contributed by atoms with E-state index in [0.29, 0.717) is 14.9 Å². The Morgan fingerprint density at radius 2 is 2.40 bits per heavy atom. The average molecular weight is 242 g/mol. The highest BCUT2D eigenvalue weighted by Gasteiger charge is 2.11. The number of thiophene rings is 1. The second-order valence-corrected chi connectivity index (χ2v) is 4.80. The predicted octanol–water partition coefficient (Wildman–Crippen LogP) is 1.96. The lowest BCUT2D eigenvalue weighted by Crippen LogP contribution is -2.01. The van der Waals surface area contributed by atoms with Crippen molar-refractivity contribution in [3.05, 3.63) is 33.2 Å². The molecule has 78 valence electrons. The van der Waals surface area contributed by atoms with Gasteiger partial charge in [0.1, 0.15) is 0 Å². The number of ketones is 1. The van der Waals surface area contributed by atoms with Gasteiger partial charge in [-0.2, -0.15) is 0 Å². The number of Topliss-reactive ketones (excluding diaryl/α,β-unsaturated/α-hetero) is 1. The third kappa shape index (κ3) is 2.43. The molecule has 6 heteroatoms. The first kappa shape index (κ1) is 10.3. The molecule has 0 fully saturated rings. The SMILES string of the molecule is Cn1cc(CC(=O)c2ccc(Cl)s2)nn1. The van der Waals surface area contributed by atoms with Crippen molar-refractivity contribution >= 4 is 28.7 Å².